The normalized spacial score (nSPS) is 16.1. The molecule has 0 spiro atoms. The smallest absolute Gasteiger partial charge is 0.260 e. The van der Waals surface area contributed by atoms with E-state index in [4.69, 9.17) is 0 Å². The van der Waals surface area contributed by atoms with E-state index in [2.05, 4.69) is 22.2 Å². The van der Waals surface area contributed by atoms with Crippen molar-refractivity contribution in [2.45, 2.75) is 36.1 Å². The van der Waals surface area contributed by atoms with Gasteiger partial charge in [-0.15, -0.1) is 11.3 Å². The third-order valence-electron chi connectivity index (χ3n) is 4.38. The van der Waals surface area contributed by atoms with Gasteiger partial charge in [-0.1, -0.05) is 36.9 Å². The lowest BCUT2D eigenvalue weighted by molar-refractivity contribution is 0.102. The molecule has 132 valence electrons. The number of nitrogens with one attached hydrogen (secondary N) is 1. The van der Waals surface area contributed by atoms with E-state index in [0.29, 0.717) is 21.6 Å². The highest BCUT2D eigenvalue weighted by Gasteiger charge is 2.21. The van der Waals surface area contributed by atoms with Crippen molar-refractivity contribution in [3.8, 4) is 0 Å². The number of anilines is 1. The second kappa shape index (κ2) is 7.60. The Morgan fingerprint density at radius 2 is 2.08 bits per heavy atom. The third-order valence-corrected chi connectivity index (χ3v) is 6.44. The molecule has 1 N–H and O–H groups in total. The van der Waals surface area contributed by atoms with Crippen LogP contribution in [0.2, 0.25) is 0 Å². The molecule has 3 aromatic rings. The van der Waals surface area contributed by atoms with Gasteiger partial charge in [-0.25, -0.2) is 9.97 Å². The van der Waals surface area contributed by atoms with Crippen LogP contribution in [0.5, 0.6) is 0 Å². The molecule has 26 heavy (non-hydrogen) atoms. The molecule has 0 fully saturated rings. The van der Waals surface area contributed by atoms with E-state index in [9.17, 15) is 4.79 Å². The molecule has 1 aliphatic carbocycles. The number of rotatable bonds is 4. The Morgan fingerprint density at radius 1 is 1.23 bits per heavy atom. The molecule has 6 heteroatoms. The highest BCUT2D eigenvalue weighted by atomic mass is 32.2. The Bertz CT molecular complexity index is 924. The third kappa shape index (κ3) is 3.81. The molecule has 0 bridgehead atoms. The molecule has 0 aliphatic heterocycles. The summed E-state index contributed by atoms with van der Waals surface area (Å²) in [4.78, 5) is 24.2. The Kier molecular flexibility index (Phi) is 5.04. The molecule has 0 radical (unpaired) electrons. The summed E-state index contributed by atoms with van der Waals surface area (Å²) in [5.74, 6) is 0.536. The second-order valence-corrected chi connectivity index (χ2v) is 8.61. The number of aryl methyl sites for hydroxylation is 1. The Hall–Kier alpha value is -2.18. The maximum absolute atomic E-state index is 12.8. The van der Waals surface area contributed by atoms with Gasteiger partial charge >= 0.3 is 0 Å². The van der Waals surface area contributed by atoms with Crippen LogP contribution in [0.25, 0.3) is 0 Å². The number of pyridine rings is 1. The van der Waals surface area contributed by atoms with Crippen molar-refractivity contribution < 1.29 is 4.79 Å². The van der Waals surface area contributed by atoms with Gasteiger partial charge in [0.25, 0.3) is 5.91 Å². The summed E-state index contributed by atoms with van der Waals surface area (Å²) in [7, 11) is 0. The SMILES string of the molecule is CC1CCc2nc(NC(=O)c3cccnc3Sc3ccccc3)sc2C1. The zero-order valence-corrected chi connectivity index (χ0v) is 16.1. The van der Waals surface area contributed by atoms with Crippen LogP contribution in [0, 0.1) is 5.92 Å². The zero-order chi connectivity index (χ0) is 17.9. The predicted molar refractivity (Wildman–Crippen MR) is 106 cm³/mol. The van der Waals surface area contributed by atoms with E-state index in [1.165, 1.54) is 23.1 Å². The largest absolute Gasteiger partial charge is 0.298 e. The standard InChI is InChI=1S/C20H19N3OS2/c1-13-9-10-16-17(12-13)26-20(22-16)23-18(24)15-8-5-11-21-19(15)25-14-6-3-2-4-7-14/h2-8,11,13H,9-10,12H2,1H3,(H,22,23,24). The van der Waals surface area contributed by atoms with Crippen LogP contribution < -0.4 is 5.32 Å². The van der Waals surface area contributed by atoms with Gasteiger partial charge in [0.1, 0.15) is 5.03 Å². The Morgan fingerprint density at radius 3 is 2.92 bits per heavy atom. The molecule has 0 saturated carbocycles. The lowest BCUT2D eigenvalue weighted by atomic mass is 9.93. The van der Waals surface area contributed by atoms with Crippen LogP contribution in [-0.2, 0) is 12.8 Å². The van der Waals surface area contributed by atoms with Crippen LogP contribution >= 0.6 is 23.1 Å². The fourth-order valence-corrected chi connectivity index (χ4v) is 5.07. The molecule has 4 nitrogen and oxygen atoms in total. The van der Waals surface area contributed by atoms with Crippen molar-refractivity contribution in [3.05, 3.63) is 64.8 Å². The molecule has 1 aliphatic rings. The van der Waals surface area contributed by atoms with E-state index in [1.54, 1.807) is 23.6 Å². The monoisotopic (exact) mass is 381 g/mol. The lowest BCUT2D eigenvalue weighted by Gasteiger charge is -2.15. The molecule has 4 rings (SSSR count). The topological polar surface area (TPSA) is 54.9 Å². The van der Waals surface area contributed by atoms with E-state index >= 15 is 0 Å². The summed E-state index contributed by atoms with van der Waals surface area (Å²) in [6, 6.07) is 13.6. The van der Waals surface area contributed by atoms with Crippen molar-refractivity contribution in [2.75, 3.05) is 5.32 Å². The van der Waals surface area contributed by atoms with Crippen LogP contribution in [0.3, 0.4) is 0 Å². The number of thiazole rings is 1. The van der Waals surface area contributed by atoms with Crippen LogP contribution in [0.4, 0.5) is 5.13 Å². The minimum Gasteiger partial charge on any atom is -0.298 e. The number of amides is 1. The van der Waals surface area contributed by atoms with Crippen LogP contribution in [-0.4, -0.2) is 15.9 Å². The molecule has 1 atom stereocenters. The summed E-state index contributed by atoms with van der Waals surface area (Å²) in [5.41, 5.74) is 1.72. The minimum absolute atomic E-state index is 0.157. The molecule has 1 aromatic carbocycles. The maximum atomic E-state index is 12.8. The van der Waals surface area contributed by atoms with E-state index in [1.807, 2.05) is 36.4 Å². The molecule has 1 amide bonds. The Balaban J connectivity index is 1.54. The van der Waals surface area contributed by atoms with E-state index in [-0.39, 0.29) is 5.91 Å². The van der Waals surface area contributed by atoms with Gasteiger partial charge in [-0.2, -0.15) is 0 Å². The fourth-order valence-electron chi connectivity index (χ4n) is 3.00. The first-order chi connectivity index (χ1) is 12.7. The molecular formula is C20H19N3OS2. The van der Waals surface area contributed by atoms with Gasteiger partial charge in [0, 0.05) is 16.0 Å². The molecule has 1 unspecified atom stereocenters. The number of hydrogen-bond acceptors (Lipinski definition) is 5. The first-order valence-electron chi connectivity index (χ1n) is 8.67. The fraction of sp³-hybridized carbons (Fsp3) is 0.250. The average Bonchev–Trinajstić information content (AvgIpc) is 3.04. The first kappa shape index (κ1) is 17.2. The second-order valence-electron chi connectivity index (χ2n) is 6.46. The number of fused-ring (bicyclic) bond motifs is 1. The molecule has 2 heterocycles. The predicted octanol–water partition coefficient (Wildman–Crippen LogP) is 5.07. The van der Waals surface area contributed by atoms with Crippen LogP contribution in [0.1, 0.15) is 34.3 Å². The van der Waals surface area contributed by atoms with Gasteiger partial charge in [0.05, 0.1) is 11.3 Å². The van der Waals surface area contributed by atoms with Crippen molar-refractivity contribution in [1.29, 1.82) is 0 Å². The lowest BCUT2D eigenvalue weighted by Crippen LogP contribution is -2.13. The summed E-state index contributed by atoms with van der Waals surface area (Å²) >= 11 is 3.09. The number of aromatic nitrogens is 2. The van der Waals surface area contributed by atoms with Gasteiger partial charge in [0.15, 0.2) is 5.13 Å². The van der Waals surface area contributed by atoms with Gasteiger partial charge in [-0.05, 0) is 49.4 Å². The number of nitrogens with zero attached hydrogens (tertiary/aromatic N) is 2. The summed E-state index contributed by atoms with van der Waals surface area (Å²) < 4.78 is 0. The first-order valence-corrected chi connectivity index (χ1v) is 10.3. The van der Waals surface area contributed by atoms with Crippen molar-refractivity contribution in [2.24, 2.45) is 5.92 Å². The quantitative estimate of drug-likeness (QED) is 0.686. The van der Waals surface area contributed by atoms with Gasteiger partial charge in [0.2, 0.25) is 0 Å². The Labute approximate surface area is 161 Å². The minimum atomic E-state index is -0.157. The number of carbonyl (C=O) groups excluding carboxylic acids is 1. The van der Waals surface area contributed by atoms with Crippen molar-refractivity contribution in [1.82, 2.24) is 9.97 Å². The average molecular weight is 382 g/mol. The summed E-state index contributed by atoms with van der Waals surface area (Å²) in [6.07, 6.45) is 4.95. The zero-order valence-electron chi connectivity index (χ0n) is 14.4. The van der Waals surface area contributed by atoms with Gasteiger partial charge in [-0.3, -0.25) is 10.1 Å². The van der Waals surface area contributed by atoms with Gasteiger partial charge < -0.3 is 0 Å². The molecule has 0 saturated heterocycles. The molecule has 2 aromatic heterocycles. The summed E-state index contributed by atoms with van der Waals surface area (Å²) in [6.45, 7) is 2.27. The van der Waals surface area contributed by atoms with Crippen molar-refractivity contribution >= 4 is 34.1 Å². The highest BCUT2D eigenvalue weighted by Crippen LogP contribution is 2.33. The maximum Gasteiger partial charge on any atom is 0.260 e. The summed E-state index contributed by atoms with van der Waals surface area (Å²) in [5, 5.41) is 4.36. The van der Waals surface area contributed by atoms with E-state index < -0.39 is 0 Å². The van der Waals surface area contributed by atoms with E-state index in [0.717, 1.165) is 23.4 Å². The van der Waals surface area contributed by atoms with Crippen LogP contribution in [0.15, 0.2) is 58.6 Å². The molecular weight excluding hydrogens is 362 g/mol. The highest BCUT2D eigenvalue weighted by molar-refractivity contribution is 7.99. The number of hydrogen-bond donors (Lipinski definition) is 1. The van der Waals surface area contributed by atoms with Crippen molar-refractivity contribution in [3.63, 3.8) is 0 Å². The number of benzene rings is 1. The number of carbonyl (C=O) groups is 1.